The summed E-state index contributed by atoms with van der Waals surface area (Å²) in [7, 11) is 1.82. The molecule has 0 aromatic heterocycles. The Hall–Kier alpha value is -2.89. The van der Waals surface area contributed by atoms with E-state index in [1.165, 1.54) is 0 Å². The fraction of sp³-hybridized carbons (Fsp3) is 0.762. The zero-order valence-electron chi connectivity index (χ0n) is 20.2. The van der Waals surface area contributed by atoms with E-state index in [0.29, 0.717) is 45.2 Å². The second kappa shape index (κ2) is 17.6. The molecule has 3 atom stereocenters. The number of hydrogen-bond donors (Lipinski definition) is 7. The molecular formula is C21H43N9O3. The average molecular weight is 470 g/mol. The first-order valence-electron chi connectivity index (χ1n) is 11.4. The van der Waals surface area contributed by atoms with Crippen molar-refractivity contribution >= 4 is 30.0 Å². The minimum atomic E-state index is -0.380. The minimum Gasteiger partial charge on any atom is -0.370 e. The van der Waals surface area contributed by atoms with Crippen LogP contribution in [0, 0.1) is 5.92 Å². The minimum absolute atomic E-state index is 0.000412. The molecule has 12 heteroatoms. The van der Waals surface area contributed by atoms with Crippen molar-refractivity contribution in [1.29, 1.82) is 0 Å². The number of carbonyl (C=O) groups is 3. The second-order valence-electron chi connectivity index (χ2n) is 8.38. The summed E-state index contributed by atoms with van der Waals surface area (Å²) in [6.07, 6.45) is 3.66. The fourth-order valence-corrected chi connectivity index (χ4v) is 3.35. The van der Waals surface area contributed by atoms with Gasteiger partial charge in [-0.15, -0.1) is 0 Å². The van der Waals surface area contributed by atoms with Gasteiger partial charge in [-0.25, -0.2) is 0 Å². The largest absolute Gasteiger partial charge is 0.370 e. The van der Waals surface area contributed by atoms with Crippen molar-refractivity contribution in [3.05, 3.63) is 0 Å². The van der Waals surface area contributed by atoms with Crippen LogP contribution in [0.15, 0.2) is 9.98 Å². The van der Waals surface area contributed by atoms with Crippen LogP contribution in [0.1, 0.15) is 58.8 Å². The van der Waals surface area contributed by atoms with Crippen LogP contribution in [0.25, 0.3) is 0 Å². The van der Waals surface area contributed by atoms with Gasteiger partial charge in [0, 0.05) is 50.5 Å². The topological polar surface area (TPSA) is 216 Å². The zero-order chi connectivity index (χ0) is 25.2. The molecule has 0 fully saturated rings. The molecule has 33 heavy (non-hydrogen) atoms. The smallest absolute Gasteiger partial charge is 0.222 e. The normalized spacial score (nSPS) is 13.5. The van der Waals surface area contributed by atoms with Gasteiger partial charge < -0.3 is 43.7 Å². The van der Waals surface area contributed by atoms with Crippen molar-refractivity contribution in [2.45, 2.75) is 76.9 Å². The highest BCUT2D eigenvalue weighted by atomic mass is 16.2. The van der Waals surface area contributed by atoms with E-state index in [0.717, 1.165) is 6.29 Å². The van der Waals surface area contributed by atoms with Crippen LogP contribution in [0.2, 0.25) is 0 Å². The van der Waals surface area contributed by atoms with Crippen LogP contribution in [-0.2, 0) is 14.4 Å². The quantitative estimate of drug-likeness (QED) is 0.0551. The summed E-state index contributed by atoms with van der Waals surface area (Å²) in [4.78, 5) is 44.1. The molecule has 0 aromatic rings. The summed E-state index contributed by atoms with van der Waals surface area (Å²) in [5.74, 6) is -0.0931. The maximum absolute atomic E-state index is 12.7. The summed E-state index contributed by atoms with van der Waals surface area (Å²) in [6.45, 7) is 4.89. The molecule has 0 saturated heterocycles. The maximum atomic E-state index is 12.7. The van der Waals surface area contributed by atoms with E-state index >= 15 is 0 Å². The van der Waals surface area contributed by atoms with E-state index in [2.05, 4.69) is 25.9 Å². The lowest BCUT2D eigenvalue weighted by atomic mass is 10.00. The number of guanidine groups is 2. The summed E-state index contributed by atoms with van der Waals surface area (Å²) in [5, 5.41) is 8.98. The standard InChI is InChI=1S/C21H43N9O3/c1-14(2)17(26-3)13-19(33)30-16(7-5-10-28-21(24)25)12-18(32)29-15(8-11-31)6-4-9-27-20(22)23/h11,14-17,26H,4-10,12-13H2,1-3H3,(H,29,32)(H,30,33)(H4,22,23,27)(H4,24,25,28). The van der Waals surface area contributed by atoms with Crippen molar-refractivity contribution in [2.75, 3.05) is 20.1 Å². The summed E-state index contributed by atoms with van der Waals surface area (Å²) in [5.41, 5.74) is 21.3. The van der Waals surface area contributed by atoms with Gasteiger partial charge in [-0.3, -0.25) is 19.6 Å². The highest BCUT2D eigenvalue weighted by Crippen LogP contribution is 2.09. The Morgan fingerprint density at radius 2 is 1.33 bits per heavy atom. The van der Waals surface area contributed by atoms with Crippen LogP contribution in [0.5, 0.6) is 0 Å². The van der Waals surface area contributed by atoms with Crippen LogP contribution in [0.3, 0.4) is 0 Å². The number of nitrogens with two attached hydrogens (primary N) is 4. The lowest BCUT2D eigenvalue weighted by Crippen LogP contribution is -2.44. The average Bonchev–Trinajstić information content (AvgIpc) is 2.71. The lowest BCUT2D eigenvalue weighted by Gasteiger charge is -2.24. The van der Waals surface area contributed by atoms with Crippen LogP contribution >= 0.6 is 0 Å². The van der Waals surface area contributed by atoms with Crippen LogP contribution < -0.4 is 38.9 Å². The Balaban J connectivity index is 4.96. The number of nitrogens with zero attached hydrogens (tertiary/aromatic N) is 2. The predicted molar refractivity (Wildman–Crippen MR) is 131 cm³/mol. The van der Waals surface area contributed by atoms with Crippen LogP contribution in [0.4, 0.5) is 0 Å². The Morgan fingerprint density at radius 3 is 1.79 bits per heavy atom. The third-order valence-electron chi connectivity index (χ3n) is 5.13. The molecule has 0 radical (unpaired) electrons. The second-order valence-corrected chi connectivity index (χ2v) is 8.38. The van der Waals surface area contributed by atoms with E-state index in [1.54, 1.807) is 0 Å². The molecule has 0 aromatic carbocycles. The van der Waals surface area contributed by atoms with Gasteiger partial charge in [0.2, 0.25) is 11.8 Å². The number of nitrogens with one attached hydrogen (secondary N) is 3. The molecule has 0 aliphatic heterocycles. The van der Waals surface area contributed by atoms with Gasteiger partial charge in [0.1, 0.15) is 6.29 Å². The SMILES string of the molecule is CNC(CC(=O)NC(CCCN=C(N)N)CC(=O)NC(CC=O)CCCN=C(N)N)C(C)C. The molecule has 0 aliphatic carbocycles. The number of carbonyl (C=O) groups excluding carboxylic acids is 3. The van der Waals surface area contributed by atoms with Crippen molar-refractivity contribution in [1.82, 2.24) is 16.0 Å². The van der Waals surface area contributed by atoms with Crippen molar-refractivity contribution in [3.63, 3.8) is 0 Å². The molecule has 190 valence electrons. The van der Waals surface area contributed by atoms with Gasteiger partial charge in [0.15, 0.2) is 11.9 Å². The number of rotatable bonds is 18. The molecule has 0 spiro atoms. The van der Waals surface area contributed by atoms with E-state index in [-0.39, 0.29) is 60.6 Å². The molecule has 2 amide bonds. The first kappa shape index (κ1) is 30.1. The number of amides is 2. The Bertz CT molecular complexity index is 645. The molecule has 3 unspecified atom stereocenters. The van der Waals surface area contributed by atoms with E-state index in [4.69, 9.17) is 22.9 Å². The molecule has 0 heterocycles. The number of hydrogen-bond acceptors (Lipinski definition) is 6. The van der Waals surface area contributed by atoms with Gasteiger partial charge in [-0.2, -0.15) is 0 Å². The summed E-state index contributed by atoms with van der Waals surface area (Å²) < 4.78 is 0. The van der Waals surface area contributed by atoms with Crippen molar-refractivity contribution in [2.24, 2.45) is 38.8 Å². The molecular weight excluding hydrogens is 426 g/mol. The number of aldehydes is 1. The van der Waals surface area contributed by atoms with Gasteiger partial charge >= 0.3 is 0 Å². The molecule has 0 bridgehead atoms. The summed E-state index contributed by atoms with van der Waals surface area (Å²) >= 11 is 0. The summed E-state index contributed by atoms with van der Waals surface area (Å²) in [6, 6.07) is -0.671. The van der Waals surface area contributed by atoms with Gasteiger partial charge in [-0.1, -0.05) is 13.8 Å². The van der Waals surface area contributed by atoms with E-state index in [1.807, 2.05) is 20.9 Å². The van der Waals surface area contributed by atoms with Crippen molar-refractivity contribution in [3.8, 4) is 0 Å². The third-order valence-corrected chi connectivity index (χ3v) is 5.13. The highest BCUT2D eigenvalue weighted by molar-refractivity contribution is 5.80. The predicted octanol–water partition coefficient (Wildman–Crippen LogP) is -1.32. The first-order chi connectivity index (χ1) is 15.6. The number of aliphatic imine (C=N–C) groups is 2. The molecule has 12 nitrogen and oxygen atoms in total. The zero-order valence-corrected chi connectivity index (χ0v) is 20.2. The van der Waals surface area contributed by atoms with Crippen molar-refractivity contribution < 1.29 is 14.4 Å². The molecule has 0 saturated carbocycles. The Labute approximate surface area is 196 Å². The van der Waals surface area contributed by atoms with Gasteiger partial charge in [0.25, 0.3) is 0 Å². The fourth-order valence-electron chi connectivity index (χ4n) is 3.35. The molecule has 0 aliphatic rings. The maximum Gasteiger partial charge on any atom is 0.222 e. The first-order valence-corrected chi connectivity index (χ1v) is 11.4. The van der Waals surface area contributed by atoms with E-state index < -0.39 is 0 Å². The van der Waals surface area contributed by atoms with Gasteiger partial charge in [-0.05, 0) is 38.6 Å². The van der Waals surface area contributed by atoms with Gasteiger partial charge in [0.05, 0.1) is 0 Å². The highest BCUT2D eigenvalue weighted by Gasteiger charge is 2.21. The van der Waals surface area contributed by atoms with Crippen LogP contribution in [-0.4, -0.2) is 68.3 Å². The Morgan fingerprint density at radius 1 is 0.848 bits per heavy atom. The Kier molecular flexibility index (Phi) is 16.1. The molecule has 11 N–H and O–H groups in total. The third kappa shape index (κ3) is 16.4. The lowest BCUT2D eigenvalue weighted by molar-refractivity contribution is -0.124. The van der Waals surface area contributed by atoms with E-state index in [9.17, 15) is 14.4 Å². The monoisotopic (exact) mass is 469 g/mol. The molecule has 0 rings (SSSR count).